The summed E-state index contributed by atoms with van der Waals surface area (Å²) in [6.45, 7) is 5.25. The molecule has 0 spiro atoms. The van der Waals surface area contributed by atoms with Gasteiger partial charge in [-0.2, -0.15) is 0 Å². The van der Waals surface area contributed by atoms with Crippen molar-refractivity contribution >= 4 is 27.6 Å². The summed E-state index contributed by atoms with van der Waals surface area (Å²) < 4.78 is 11.3. The van der Waals surface area contributed by atoms with E-state index in [2.05, 4.69) is 59.6 Å². The molecule has 5 rings (SSSR count). The lowest BCUT2D eigenvalue weighted by Gasteiger charge is -2.38. The average molecular weight is 429 g/mol. The smallest absolute Gasteiger partial charge is 0.224 e. The quantitative estimate of drug-likeness (QED) is 0.483. The number of rotatable bonds is 6. The molecule has 1 N–H and O–H groups in total. The van der Waals surface area contributed by atoms with Crippen LogP contribution in [0.1, 0.15) is 24.1 Å². The lowest BCUT2D eigenvalue weighted by Crippen LogP contribution is -2.48. The standard InChI is InChI=1S/C27H28N2O3/c1-19(27(21-8-3-2-4-9-21)29-13-15-31-16-14-29)28-25(30)17-22-18-32-24-12-11-20-7-5-6-10-23(20)26(22)24/h2-12,18-19,27H,13-17H2,1H3,(H,28,30)/t19-,27+/m0/s1. The number of hydrogen-bond donors (Lipinski definition) is 1. The van der Waals surface area contributed by atoms with E-state index < -0.39 is 0 Å². The summed E-state index contributed by atoms with van der Waals surface area (Å²) in [7, 11) is 0. The summed E-state index contributed by atoms with van der Waals surface area (Å²) in [5.41, 5.74) is 2.95. The largest absolute Gasteiger partial charge is 0.464 e. The van der Waals surface area contributed by atoms with Gasteiger partial charge in [0.05, 0.1) is 31.9 Å². The van der Waals surface area contributed by atoms with Crippen LogP contribution in [0.25, 0.3) is 21.7 Å². The van der Waals surface area contributed by atoms with E-state index in [1.807, 2.05) is 24.3 Å². The van der Waals surface area contributed by atoms with Gasteiger partial charge in [0.2, 0.25) is 5.91 Å². The summed E-state index contributed by atoms with van der Waals surface area (Å²) in [5, 5.41) is 6.55. The van der Waals surface area contributed by atoms with E-state index in [0.29, 0.717) is 0 Å². The number of carbonyl (C=O) groups is 1. The zero-order valence-corrected chi connectivity index (χ0v) is 18.3. The SMILES string of the molecule is C[C@H](NC(=O)Cc1coc2ccc3ccccc3c12)[C@H](c1ccccc1)N1CCOCC1. The average Bonchev–Trinajstić information content (AvgIpc) is 3.23. The Morgan fingerprint density at radius 1 is 1.00 bits per heavy atom. The fourth-order valence-corrected chi connectivity index (χ4v) is 4.88. The second kappa shape index (κ2) is 9.15. The number of fused-ring (bicyclic) bond motifs is 3. The minimum absolute atomic E-state index is 0.00215. The minimum atomic E-state index is -0.0436. The van der Waals surface area contributed by atoms with Gasteiger partial charge in [-0.15, -0.1) is 0 Å². The van der Waals surface area contributed by atoms with Gasteiger partial charge < -0.3 is 14.5 Å². The molecule has 5 heteroatoms. The Balaban J connectivity index is 1.37. The Labute approximate surface area is 188 Å². The molecule has 5 nitrogen and oxygen atoms in total. The van der Waals surface area contributed by atoms with Crippen LogP contribution < -0.4 is 5.32 Å². The van der Waals surface area contributed by atoms with E-state index in [4.69, 9.17) is 9.15 Å². The fraction of sp³-hybridized carbons (Fsp3) is 0.296. The first kappa shape index (κ1) is 20.7. The summed E-state index contributed by atoms with van der Waals surface area (Å²) in [6.07, 6.45) is 2.01. The van der Waals surface area contributed by atoms with Crippen LogP contribution in [0.2, 0.25) is 0 Å². The number of nitrogens with zero attached hydrogens (tertiary/aromatic N) is 1. The molecule has 1 aliphatic heterocycles. The van der Waals surface area contributed by atoms with Gasteiger partial charge in [-0.05, 0) is 29.3 Å². The molecule has 32 heavy (non-hydrogen) atoms. The fourth-order valence-electron chi connectivity index (χ4n) is 4.88. The molecule has 1 amide bonds. The molecule has 1 aliphatic rings. The first-order chi connectivity index (χ1) is 15.7. The van der Waals surface area contributed by atoms with Crippen molar-refractivity contribution in [1.29, 1.82) is 0 Å². The molecule has 1 fully saturated rings. The van der Waals surface area contributed by atoms with Gasteiger partial charge in [0.25, 0.3) is 0 Å². The lowest BCUT2D eigenvalue weighted by atomic mass is 9.97. The van der Waals surface area contributed by atoms with Crippen molar-refractivity contribution in [3.63, 3.8) is 0 Å². The maximum atomic E-state index is 13.1. The van der Waals surface area contributed by atoms with Crippen LogP contribution in [0, 0.1) is 0 Å². The number of furan rings is 1. The highest BCUT2D eigenvalue weighted by Gasteiger charge is 2.28. The zero-order valence-electron chi connectivity index (χ0n) is 18.3. The Morgan fingerprint density at radius 3 is 2.56 bits per heavy atom. The molecule has 2 atom stereocenters. The summed E-state index contributed by atoms with van der Waals surface area (Å²) in [6, 6.07) is 22.7. The van der Waals surface area contributed by atoms with Crippen molar-refractivity contribution in [2.45, 2.75) is 25.4 Å². The van der Waals surface area contributed by atoms with Gasteiger partial charge in [-0.25, -0.2) is 0 Å². The topological polar surface area (TPSA) is 54.7 Å². The lowest BCUT2D eigenvalue weighted by molar-refractivity contribution is -0.121. The third-order valence-corrected chi connectivity index (χ3v) is 6.33. The maximum Gasteiger partial charge on any atom is 0.224 e. The van der Waals surface area contributed by atoms with Crippen molar-refractivity contribution < 1.29 is 13.9 Å². The molecule has 2 heterocycles. The second-order valence-electron chi connectivity index (χ2n) is 8.46. The van der Waals surface area contributed by atoms with E-state index in [1.54, 1.807) is 6.26 Å². The molecule has 1 aromatic heterocycles. The third-order valence-electron chi connectivity index (χ3n) is 6.33. The zero-order chi connectivity index (χ0) is 21.9. The van der Waals surface area contributed by atoms with E-state index in [1.165, 1.54) is 5.56 Å². The van der Waals surface area contributed by atoms with Gasteiger partial charge in [0.15, 0.2) is 0 Å². The van der Waals surface area contributed by atoms with Gasteiger partial charge >= 0.3 is 0 Å². The Hall–Kier alpha value is -3.15. The van der Waals surface area contributed by atoms with E-state index in [-0.39, 0.29) is 24.4 Å². The van der Waals surface area contributed by atoms with Crippen molar-refractivity contribution in [3.05, 3.63) is 84.1 Å². The van der Waals surface area contributed by atoms with Crippen molar-refractivity contribution in [1.82, 2.24) is 10.2 Å². The predicted molar refractivity (Wildman–Crippen MR) is 127 cm³/mol. The molecule has 0 saturated carbocycles. The third kappa shape index (κ3) is 4.14. The highest BCUT2D eigenvalue weighted by atomic mass is 16.5. The molecule has 164 valence electrons. The van der Waals surface area contributed by atoms with Gasteiger partial charge in [-0.3, -0.25) is 9.69 Å². The van der Waals surface area contributed by atoms with E-state index in [9.17, 15) is 4.79 Å². The number of carbonyl (C=O) groups excluding carboxylic acids is 1. The van der Waals surface area contributed by atoms with Crippen LogP contribution >= 0.6 is 0 Å². The van der Waals surface area contributed by atoms with Crippen molar-refractivity contribution in [2.75, 3.05) is 26.3 Å². The number of nitrogens with one attached hydrogen (secondary N) is 1. The van der Waals surface area contributed by atoms with Gasteiger partial charge in [0, 0.05) is 30.1 Å². The van der Waals surface area contributed by atoms with Crippen LogP contribution in [0.15, 0.2) is 77.4 Å². The molecule has 0 aliphatic carbocycles. The van der Waals surface area contributed by atoms with Crippen LogP contribution in [0.5, 0.6) is 0 Å². The van der Waals surface area contributed by atoms with E-state index in [0.717, 1.165) is 53.6 Å². The van der Waals surface area contributed by atoms with Gasteiger partial charge in [-0.1, -0.05) is 60.7 Å². The first-order valence-electron chi connectivity index (χ1n) is 11.2. The maximum absolute atomic E-state index is 13.1. The number of amides is 1. The van der Waals surface area contributed by atoms with Crippen LogP contribution in [-0.2, 0) is 16.0 Å². The number of hydrogen-bond acceptors (Lipinski definition) is 4. The normalized spacial score (nSPS) is 16.8. The highest BCUT2D eigenvalue weighted by molar-refractivity contribution is 6.08. The van der Waals surface area contributed by atoms with Crippen LogP contribution in [0.3, 0.4) is 0 Å². The minimum Gasteiger partial charge on any atom is -0.464 e. The van der Waals surface area contributed by atoms with E-state index >= 15 is 0 Å². The monoisotopic (exact) mass is 428 g/mol. The molecule has 0 bridgehead atoms. The molecular formula is C27H28N2O3. The Morgan fingerprint density at radius 2 is 1.75 bits per heavy atom. The highest BCUT2D eigenvalue weighted by Crippen LogP contribution is 2.30. The molecule has 1 saturated heterocycles. The summed E-state index contributed by atoms with van der Waals surface area (Å²) in [4.78, 5) is 15.5. The Kier molecular flexibility index (Phi) is 5.93. The van der Waals surface area contributed by atoms with Crippen LogP contribution in [0.4, 0.5) is 0 Å². The van der Waals surface area contributed by atoms with Crippen LogP contribution in [-0.4, -0.2) is 43.2 Å². The Bertz CT molecular complexity index is 1210. The molecule has 4 aromatic rings. The molecule has 0 radical (unpaired) electrons. The molecule has 0 unspecified atom stereocenters. The molecular weight excluding hydrogens is 400 g/mol. The van der Waals surface area contributed by atoms with Gasteiger partial charge in [0.1, 0.15) is 5.58 Å². The first-order valence-corrected chi connectivity index (χ1v) is 11.2. The number of ether oxygens (including phenoxy) is 1. The van der Waals surface area contributed by atoms with Crippen molar-refractivity contribution in [2.24, 2.45) is 0 Å². The predicted octanol–water partition coefficient (Wildman–Crippen LogP) is 4.71. The summed E-state index contributed by atoms with van der Waals surface area (Å²) >= 11 is 0. The number of morpholine rings is 1. The number of benzene rings is 3. The second-order valence-corrected chi connectivity index (χ2v) is 8.46. The van der Waals surface area contributed by atoms with Crippen molar-refractivity contribution in [3.8, 4) is 0 Å². The molecule has 3 aromatic carbocycles. The summed E-state index contributed by atoms with van der Waals surface area (Å²) in [5.74, 6) is 0.00215.